The Morgan fingerprint density at radius 3 is 2.83 bits per heavy atom. The number of hydrogen-bond donors (Lipinski definition) is 2. The summed E-state index contributed by atoms with van der Waals surface area (Å²) in [5, 5.41) is 11.3. The lowest BCUT2D eigenvalue weighted by atomic mass is 10.2. The van der Waals surface area contributed by atoms with Crippen molar-refractivity contribution >= 4 is 5.91 Å². The van der Waals surface area contributed by atoms with Gasteiger partial charge in [-0.3, -0.25) is 4.79 Å². The SMILES string of the molecule is O=C(NCCCCCO)c1cccn1CC(F)F. The van der Waals surface area contributed by atoms with Gasteiger partial charge in [-0.25, -0.2) is 8.78 Å². The van der Waals surface area contributed by atoms with Crippen molar-refractivity contribution in [2.75, 3.05) is 13.2 Å². The zero-order chi connectivity index (χ0) is 13.4. The van der Waals surface area contributed by atoms with E-state index in [-0.39, 0.29) is 18.2 Å². The van der Waals surface area contributed by atoms with Gasteiger partial charge in [-0.1, -0.05) is 0 Å². The minimum atomic E-state index is -2.48. The number of hydrogen-bond acceptors (Lipinski definition) is 2. The minimum absolute atomic E-state index is 0.144. The maximum atomic E-state index is 12.3. The molecule has 1 amide bonds. The van der Waals surface area contributed by atoms with Crippen LogP contribution in [0.4, 0.5) is 8.78 Å². The molecular weight excluding hydrogens is 242 g/mol. The molecule has 1 rings (SSSR count). The highest BCUT2D eigenvalue weighted by Crippen LogP contribution is 2.06. The number of unbranched alkanes of at least 4 members (excludes halogenated alkanes) is 2. The Balaban J connectivity index is 2.39. The molecule has 0 unspecified atom stereocenters. The van der Waals surface area contributed by atoms with Gasteiger partial charge in [0.25, 0.3) is 12.3 Å². The van der Waals surface area contributed by atoms with Crippen molar-refractivity contribution < 1.29 is 18.7 Å². The molecule has 4 nitrogen and oxygen atoms in total. The molecule has 0 saturated heterocycles. The van der Waals surface area contributed by atoms with Gasteiger partial charge in [0.1, 0.15) is 5.69 Å². The summed E-state index contributed by atoms with van der Waals surface area (Å²) in [6, 6.07) is 3.09. The summed E-state index contributed by atoms with van der Waals surface area (Å²) in [4.78, 5) is 11.7. The number of rotatable bonds is 8. The van der Waals surface area contributed by atoms with Crippen LogP contribution in [-0.2, 0) is 6.54 Å². The molecule has 1 aromatic rings. The summed E-state index contributed by atoms with van der Waals surface area (Å²) in [5.41, 5.74) is 0.248. The first-order valence-electron chi connectivity index (χ1n) is 5.97. The van der Waals surface area contributed by atoms with E-state index in [0.29, 0.717) is 13.0 Å². The van der Waals surface area contributed by atoms with E-state index in [1.165, 1.54) is 16.8 Å². The Bertz CT molecular complexity index is 367. The number of carbonyl (C=O) groups is 1. The van der Waals surface area contributed by atoms with Gasteiger partial charge in [-0.2, -0.15) is 0 Å². The predicted octanol–water partition coefficient (Wildman–Crippen LogP) is 1.65. The van der Waals surface area contributed by atoms with Crippen LogP contribution in [0.25, 0.3) is 0 Å². The molecule has 2 N–H and O–H groups in total. The normalized spacial score (nSPS) is 10.9. The fraction of sp³-hybridized carbons (Fsp3) is 0.583. The Kier molecular flexibility index (Phi) is 6.35. The van der Waals surface area contributed by atoms with Gasteiger partial charge < -0.3 is 15.0 Å². The summed E-state index contributed by atoms with van der Waals surface area (Å²) in [6.07, 6.45) is 1.29. The Labute approximate surface area is 105 Å². The van der Waals surface area contributed by atoms with Gasteiger partial charge in [-0.05, 0) is 31.4 Å². The highest BCUT2D eigenvalue weighted by molar-refractivity contribution is 5.92. The van der Waals surface area contributed by atoms with Crippen LogP contribution in [0, 0.1) is 0 Å². The van der Waals surface area contributed by atoms with Crippen molar-refractivity contribution in [3.63, 3.8) is 0 Å². The molecule has 0 aliphatic rings. The Morgan fingerprint density at radius 2 is 2.17 bits per heavy atom. The smallest absolute Gasteiger partial charge is 0.267 e. The van der Waals surface area contributed by atoms with E-state index in [1.54, 1.807) is 6.07 Å². The summed E-state index contributed by atoms with van der Waals surface area (Å²) in [6.45, 7) is 0.157. The maximum absolute atomic E-state index is 12.3. The standard InChI is InChI=1S/C12H18F2N2O2/c13-11(14)9-16-7-4-5-10(16)12(18)15-6-2-1-3-8-17/h4-5,7,11,17H,1-3,6,8-9H2,(H,15,18). The highest BCUT2D eigenvalue weighted by atomic mass is 19.3. The minimum Gasteiger partial charge on any atom is -0.396 e. The molecule has 6 heteroatoms. The average molecular weight is 260 g/mol. The zero-order valence-electron chi connectivity index (χ0n) is 10.1. The van der Waals surface area contributed by atoms with Crippen LogP contribution in [0.3, 0.4) is 0 Å². The maximum Gasteiger partial charge on any atom is 0.267 e. The monoisotopic (exact) mass is 260 g/mol. The number of nitrogens with zero attached hydrogens (tertiary/aromatic N) is 1. The number of aliphatic hydroxyl groups is 1. The molecule has 0 aromatic carbocycles. The third-order valence-electron chi connectivity index (χ3n) is 2.52. The second kappa shape index (κ2) is 7.81. The first kappa shape index (κ1) is 14.6. The van der Waals surface area contributed by atoms with Crippen molar-refractivity contribution in [2.24, 2.45) is 0 Å². The first-order chi connectivity index (χ1) is 8.65. The third kappa shape index (κ3) is 4.83. The van der Waals surface area contributed by atoms with E-state index in [0.717, 1.165) is 12.8 Å². The van der Waals surface area contributed by atoms with Gasteiger partial charge in [0.2, 0.25) is 0 Å². The van der Waals surface area contributed by atoms with Gasteiger partial charge in [-0.15, -0.1) is 0 Å². The van der Waals surface area contributed by atoms with E-state index in [1.807, 2.05) is 0 Å². The van der Waals surface area contributed by atoms with Crippen LogP contribution >= 0.6 is 0 Å². The first-order valence-corrected chi connectivity index (χ1v) is 5.97. The molecule has 18 heavy (non-hydrogen) atoms. The lowest BCUT2D eigenvalue weighted by Gasteiger charge is -2.09. The number of carbonyl (C=O) groups excluding carboxylic acids is 1. The van der Waals surface area contributed by atoms with E-state index < -0.39 is 13.0 Å². The molecule has 0 saturated carbocycles. The molecule has 0 atom stereocenters. The van der Waals surface area contributed by atoms with Crippen molar-refractivity contribution in [2.45, 2.75) is 32.2 Å². The molecule has 0 radical (unpaired) electrons. The van der Waals surface area contributed by atoms with Crippen LogP contribution < -0.4 is 5.32 Å². The molecule has 1 aromatic heterocycles. The van der Waals surface area contributed by atoms with E-state index in [9.17, 15) is 13.6 Å². The molecule has 0 spiro atoms. The summed E-state index contributed by atoms with van der Waals surface area (Å²) in [7, 11) is 0. The van der Waals surface area contributed by atoms with Crippen LogP contribution in [-0.4, -0.2) is 35.2 Å². The topological polar surface area (TPSA) is 54.3 Å². The lowest BCUT2D eigenvalue weighted by molar-refractivity contribution is 0.0930. The third-order valence-corrected chi connectivity index (χ3v) is 2.52. The fourth-order valence-corrected chi connectivity index (χ4v) is 1.63. The Hall–Kier alpha value is -1.43. The largest absolute Gasteiger partial charge is 0.396 e. The van der Waals surface area contributed by atoms with Crippen molar-refractivity contribution in [1.29, 1.82) is 0 Å². The summed E-state index contributed by atoms with van der Waals surface area (Å²) in [5.74, 6) is -0.343. The zero-order valence-corrected chi connectivity index (χ0v) is 10.1. The van der Waals surface area contributed by atoms with Crippen LogP contribution in [0.5, 0.6) is 0 Å². The molecule has 1 heterocycles. The van der Waals surface area contributed by atoms with Crippen LogP contribution in [0.2, 0.25) is 0 Å². The van der Waals surface area contributed by atoms with E-state index >= 15 is 0 Å². The Morgan fingerprint density at radius 1 is 1.39 bits per heavy atom. The average Bonchev–Trinajstić information content (AvgIpc) is 2.76. The van der Waals surface area contributed by atoms with Gasteiger partial charge in [0.05, 0.1) is 6.54 Å². The quantitative estimate of drug-likeness (QED) is 0.698. The molecule has 0 aliphatic heterocycles. The fourth-order valence-electron chi connectivity index (χ4n) is 1.63. The lowest BCUT2D eigenvalue weighted by Crippen LogP contribution is -2.27. The van der Waals surface area contributed by atoms with Gasteiger partial charge in [0.15, 0.2) is 0 Å². The number of alkyl halides is 2. The molecule has 0 bridgehead atoms. The van der Waals surface area contributed by atoms with Crippen molar-refractivity contribution in [1.82, 2.24) is 9.88 Å². The van der Waals surface area contributed by atoms with E-state index in [2.05, 4.69) is 5.32 Å². The van der Waals surface area contributed by atoms with Gasteiger partial charge >= 0.3 is 0 Å². The number of amides is 1. The molecule has 102 valence electrons. The van der Waals surface area contributed by atoms with Crippen molar-refractivity contribution in [3.8, 4) is 0 Å². The molecular formula is C12H18F2N2O2. The number of aromatic nitrogens is 1. The van der Waals surface area contributed by atoms with Gasteiger partial charge in [0, 0.05) is 19.3 Å². The van der Waals surface area contributed by atoms with Crippen LogP contribution in [0.15, 0.2) is 18.3 Å². The number of nitrogens with one attached hydrogen (secondary N) is 1. The number of halogens is 2. The number of aliphatic hydroxyl groups excluding tert-OH is 1. The van der Waals surface area contributed by atoms with Crippen LogP contribution in [0.1, 0.15) is 29.8 Å². The summed E-state index contributed by atoms with van der Waals surface area (Å²) < 4.78 is 25.8. The summed E-state index contributed by atoms with van der Waals surface area (Å²) >= 11 is 0. The molecule has 0 fully saturated rings. The predicted molar refractivity (Wildman–Crippen MR) is 63.7 cm³/mol. The molecule has 0 aliphatic carbocycles. The van der Waals surface area contributed by atoms with Crippen molar-refractivity contribution in [3.05, 3.63) is 24.0 Å². The van der Waals surface area contributed by atoms with E-state index in [4.69, 9.17) is 5.11 Å². The second-order valence-corrected chi connectivity index (χ2v) is 3.98. The highest BCUT2D eigenvalue weighted by Gasteiger charge is 2.13. The second-order valence-electron chi connectivity index (χ2n) is 3.98.